The number of fused-ring (bicyclic) bond motifs is 3. The van der Waals surface area contributed by atoms with Gasteiger partial charge in [-0.15, -0.1) is 0 Å². The van der Waals surface area contributed by atoms with Gasteiger partial charge in [0.2, 0.25) is 5.91 Å². The van der Waals surface area contributed by atoms with E-state index in [2.05, 4.69) is 20.8 Å². The van der Waals surface area contributed by atoms with E-state index in [1.165, 1.54) is 18.2 Å². The Labute approximate surface area is 162 Å². The third kappa shape index (κ3) is 2.78. The first kappa shape index (κ1) is 18.6. The number of hydrogen-bond donors (Lipinski definition) is 0. The van der Waals surface area contributed by atoms with Crippen LogP contribution in [0.1, 0.15) is 60.7 Å². The molecule has 2 atom stereocenters. The van der Waals surface area contributed by atoms with Gasteiger partial charge >= 0.3 is 0 Å². The fourth-order valence-corrected chi connectivity index (χ4v) is 5.59. The number of nitrogens with zero attached hydrogens (tertiary/aromatic N) is 3. The van der Waals surface area contributed by atoms with Gasteiger partial charge < -0.3 is 4.90 Å². The van der Waals surface area contributed by atoms with E-state index in [9.17, 15) is 24.5 Å². The lowest BCUT2D eigenvalue weighted by Gasteiger charge is -2.39. The summed E-state index contributed by atoms with van der Waals surface area (Å²) in [5, 5.41) is 11.2. The number of carbonyl (C=O) groups is 3. The topological polar surface area (TPSA) is 101 Å². The van der Waals surface area contributed by atoms with Gasteiger partial charge in [0.1, 0.15) is 12.1 Å². The van der Waals surface area contributed by atoms with Crippen molar-refractivity contribution in [1.82, 2.24) is 9.80 Å². The Morgan fingerprint density at radius 3 is 2.61 bits per heavy atom. The van der Waals surface area contributed by atoms with E-state index in [1.54, 1.807) is 4.90 Å². The molecular formula is C20H23N3O5. The lowest BCUT2D eigenvalue weighted by molar-refractivity contribution is -0.385. The Balaban J connectivity index is 1.57. The molecule has 2 aliphatic heterocycles. The quantitative estimate of drug-likeness (QED) is 0.452. The van der Waals surface area contributed by atoms with Crippen LogP contribution >= 0.6 is 0 Å². The second kappa shape index (κ2) is 5.86. The van der Waals surface area contributed by atoms with E-state index in [0.29, 0.717) is 6.54 Å². The largest absolute Gasteiger partial charge is 0.338 e. The van der Waals surface area contributed by atoms with Crippen molar-refractivity contribution in [2.24, 2.45) is 10.8 Å². The summed E-state index contributed by atoms with van der Waals surface area (Å²) in [6, 6.07) is 4.06. The molecule has 8 nitrogen and oxygen atoms in total. The maximum atomic E-state index is 13.0. The van der Waals surface area contributed by atoms with Crippen LogP contribution in [0.3, 0.4) is 0 Å². The van der Waals surface area contributed by atoms with E-state index < -0.39 is 22.4 Å². The zero-order chi connectivity index (χ0) is 20.4. The highest BCUT2D eigenvalue weighted by molar-refractivity contribution is 6.24. The number of rotatable bonds is 3. The van der Waals surface area contributed by atoms with Crippen LogP contribution in [0.15, 0.2) is 18.2 Å². The van der Waals surface area contributed by atoms with Crippen molar-refractivity contribution in [1.29, 1.82) is 0 Å². The van der Waals surface area contributed by atoms with Gasteiger partial charge in [0, 0.05) is 18.7 Å². The molecule has 0 unspecified atom stereocenters. The minimum Gasteiger partial charge on any atom is -0.338 e. The molecule has 3 aliphatic rings. The normalized spacial score (nSPS) is 27.9. The molecule has 1 aromatic carbocycles. The summed E-state index contributed by atoms with van der Waals surface area (Å²) < 4.78 is 0. The SMILES string of the molecule is CC1(C)C[C@H]2C[C@](C)(CN2C(=O)CN2C(=O)c3cccc([N+](=O)[O-])c3C2=O)C1. The molecule has 0 radical (unpaired) electrons. The monoisotopic (exact) mass is 385 g/mol. The molecule has 28 heavy (non-hydrogen) atoms. The van der Waals surface area contributed by atoms with Crippen LogP contribution in [0.2, 0.25) is 0 Å². The van der Waals surface area contributed by atoms with Crippen molar-refractivity contribution in [3.63, 3.8) is 0 Å². The van der Waals surface area contributed by atoms with E-state index >= 15 is 0 Å². The van der Waals surface area contributed by atoms with Crippen molar-refractivity contribution in [2.45, 2.75) is 46.1 Å². The molecule has 2 bridgehead atoms. The number of hydrogen-bond acceptors (Lipinski definition) is 5. The summed E-state index contributed by atoms with van der Waals surface area (Å²) >= 11 is 0. The minimum atomic E-state index is -0.769. The fourth-order valence-electron chi connectivity index (χ4n) is 5.59. The fraction of sp³-hybridized carbons (Fsp3) is 0.550. The molecule has 0 N–H and O–H groups in total. The predicted octanol–water partition coefficient (Wildman–Crippen LogP) is 2.62. The highest BCUT2D eigenvalue weighted by atomic mass is 16.6. The van der Waals surface area contributed by atoms with E-state index in [1.807, 2.05) is 0 Å². The molecule has 148 valence electrons. The summed E-state index contributed by atoms with van der Waals surface area (Å²) in [6.45, 7) is 6.82. The van der Waals surface area contributed by atoms with Crippen molar-refractivity contribution >= 4 is 23.4 Å². The molecule has 1 saturated carbocycles. The highest BCUT2D eigenvalue weighted by Crippen LogP contribution is 2.52. The van der Waals surface area contributed by atoms with Gasteiger partial charge in [-0.25, -0.2) is 0 Å². The zero-order valence-electron chi connectivity index (χ0n) is 16.2. The van der Waals surface area contributed by atoms with Gasteiger partial charge in [-0.2, -0.15) is 0 Å². The van der Waals surface area contributed by atoms with Crippen LogP contribution in [0, 0.1) is 20.9 Å². The standard InChI is InChI=1S/C20H23N3O5/c1-19(2)7-12-8-20(3,10-19)11-22(12)15(24)9-21-17(25)13-5-4-6-14(23(27)28)16(13)18(21)26/h4-6,12H,7-11H2,1-3H3/t12-,20-/m0/s1. The van der Waals surface area contributed by atoms with Crippen molar-refractivity contribution in [2.75, 3.05) is 13.1 Å². The second-order valence-corrected chi connectivity index (χ2v) is 9.39. The smallest absolute Gasteiger partial charge is 0.282 e. The van der Waals surface area contributed by atoms with Gasteiger partial charge in [0.05, 0.1) is 10.5 Å². The van der Waals surface area contributed by atoms with Crippen LogP contribution in [-0.4, -0.2) is 51.6 Å². The third-order valence-electron chi connectivity index (χ3n) is 6.20. The number of likely N-dealkylation sites (tertiary alicyclic amines) is 1. The first-order valence-corrected chi connectivity index (χ1v) is 9.44. The zero-order valence-corrected chi connectivity index (χ0v) is 16.2. The predicted molar refractivity (Wildman–Crippen MR) is 99.7 cm³/mol. The Hall–Kier alpha value is -2.77. The number of carbonyl (C=O) groups excluding carboxylic acids is 3. The molecule has 2 fully saturated rings. The number of nitro groups is 1. The van der Waals surface area contributed by atoms with E-state index in [-0.39, 0.29) is 40.5 Å². The number of benzene rings is 1. The van der Waals surface area contributed by atoms with Crippen molar-refractivity contribution in [3.05, 3.63) is 39.4 Å². The number of amides is 3. The van der Waals surface area contributed by atoms with E-state index in [4.69, 9.17) is 0 Å². The van der Waals surface area contributed by atoms with Crippen molar-refractivity contribution < 1.29 is 19.3 Å². The van der Waals surface area contributed by atoms with Gasteiger partial charge in [0.15, 0.2) is 0 Å². The van der Waals surface area contributed by atoms with Crippen LogP contribution in [0.4, 0.5) is 5.69 Å². The van der Waals surface area contributed by atoms with Gasteiger partial charge in [0.25, 0.3) is 17.5 Å². The Morgan fingerprint density at radius 1 is 1.21 bits per heavy atom. The summed E-state index contributed by atoms with van der Waals surface area (Å²) in [6.07, 6.45) is 2.84. The van der Waals surface area contributed by atoms with Gasteiger partial charge in [-0.3, -0.25) is 29.4 Å². The second-order valence-electron chi connectivity index (χ2n) is 9.39. The molecule has 3 amide bonds. The summed E-state index contributed by atoms with van der Waals surface area (Å²) in [5.41, 5.74) is -0.456. The molecular weight excluding hydrogens is 362 g/mol. The summed E-state index contributed by atoms with van der Waals surface area (Å²) in [5.74, 6) is -1.69. The highest BCUT2D eigenvalue weighted by Gasteiger charge is 2.51. The average molecular weight is 385 g/mol. The molecule has 0 spiro atoms. The van der Waals surface area contributed by atoms with Crippen molar-refractivity contribution in [3.8, 4) is 0 Å². The van der Waals surface area contributed by atoms with Crippen LogP contribution in [0.25, 0.3) is 0 Å². The Bertz CT molecular complexity index is 924. The maximum absolute atomic E-state index is 13.0. The van der Waals surface area contributed by atoms with E-state index in [0.717, 1.165) is 24.2 Å². The van der Waals surface area contributed by atoms with Crippen LogP contribution in [0.5, 0.6) is 0 Å². The Kier molecular flexibility index (Phi) is 3.89. The molecule has 1 aliphatic carbocycles. The van der Waals surface area contributed by atoms with Gasteiger partial charge in [-0.1, -0.05) is 26.8 Å². The lowest BCUT2D eigenvalue weighted by Crippen LogP contribution is -2.45. The third-order valence-corrected chi connectivity index (χ3v) is 6.20. The molecule has 4 rings (SSSR count). The summed E-state index contributed by atoms with van der Waals surface area (Å²) in [7, 11) is 0. The first-order chi connectivity index (χ1) is 13.0. The van der Waals surface area contributed by atoms with Crippen LogP contribution in [-0.2, 0) is 4.79 Å². The number of imide groups is 1. The molecule has 1 saturated heterocycles. The summed E-state index contributed by atoms with van der Waals surface area (Å²) in [4.78, 5) is 51.5. The maximum Gasteiger partial charge on any atom is 0.282 e. The average Bonchev–Trinajstić information content (AvgIpc) is 2.98. The van der Waals surface area contributed by atoms with Crippen LogP contribution < -0.4 is 0 Å². The minimum absolute atomic E-state index is 0.0136. The molecule has 1 aromatic rings. The first-order valence-electron chi connectivity index (χ1n) is 9.44. The van der Waals surface area contributed by atoms with Gasteiger partial charge in [-0.05, 0) is 36.2 Å². The lowest BCUT2D eigenvalue weighted by atomic mass is 9.65. The number of nitro benzene ring substituents is 1. The molecule has 2 heterocycles. The molecule has 8 heteroatoms. The Morgan fingerprint density at radius 2 is 1.93 bits per heavy atom. The molecule has 0 aromatic heterocycles.